The molecule has 1 atom stereocenters. The quantitative estimate of drug-likeness (QED) is 0.355. The molecule has 0 saturated carbocycles. The number of carbonyl (C=O) groups excluding carboxylic acids is 1. The lowest BCUT2D eigenvalue weighted by Gasteiger charge is -2.17. The minimum absolute atomic E-state index is 0.00101. The van der Waals surface area contributed by atoms with Gasteiger partial charge in [-0.25, -0.2) is 14.3 Å². The second-order valence-electron chi connectivity index (χ2n) is 6.95. The number of fused-ring (bicyclic) bond motifs is 1. The number of imidazole rings is 1. The Hall–Kier alpha value is -3.53. The number of esters is 1. The Labute approximate surface area is 171 Å². The first kappa shape index (κ1) is 21.2. The largest absolute Gasteiger partial charge is 0.462 e. The predicted molar refractivity (Wildman–Crippen MR) is 109 cm³/mol. The van der Waals surface area contributed by atoms with E-state index in [2.05, 4.69) is 4.98 Å². The van der Waals surface area contributed by atoms with Crippen molar-refractivity contribution in [2.24, 2.45) is 0 Å². The maximum atomic E-state index is 12.8. The Balaban J connectivity index is 2.02. The van der Waals surface area contributed by atoms with Gasteiger partial charge < -0.3 is 24.5 Å². The lowest BCUT2D eigenvalue weighted by Crippen LogP contribution is -2.27. The lowest BCUT2D eigenvalue weighted by molar-refractivity contribution is -0.392. The van der Waals surface area contributed by atoms with Crippen molar-refractivity contribution < 1.29 is 19.6 Å². The number of nitro groups is 1. The molecule has 0 aliphatic heterocycles. The summed E-state index contributed by atoms with van der Waals surface area (Å²) in [7, 11) is 0. The second kappa shape index (κ2) is 8.46. The molecule has 1 N–H and O–H groups in total. The number of aryl methyl sites for hydroxylation is 2. The van der Waals surface area contributed by atoms with Gasteiger partial charge in [0.15, 0.2) is 5.82 Å². The fourth-order valence-electron chi connectivity index (χ4n) is 3.34. The summed E-state index contributed by atoms with van der Waals surface area (Å²) in [5.41, 5.74) is 0.804. The molecule has 0 aliphatic carbocycles. The highest BCUT2D eigenvalue weighted by molar-refractivity contribution is 5.93. The summed E-state index contributed by atoms with van der Waals surface area (Å²) in [6.07, 6.45) is 1.45. The van der Waals surface area contributed by atoms with Crippen molar-refractivity contribution in [3.63, 3.8) is 0 Å². The maximum Gasteiger partial charge on any atom is 0.343 e. The molecule has 0 amide bonds. The third-order valence-corrected chi connectivity index (χ3v) is 4.75. The summed E-state index contributed by atoms with van der Waals surface area (Å²) in [5.74, 6) is -0.567. The summed E-state index contributed by atoms with van der Waals surface area (Å²) in [5, 5.41) is 22.1. The number of rotatable bonds is 7. The summed E-state index contributed by atoms with van der Waals surface area (Å²) < 4.78 is 7.89. The SMILES string of the molecule is CCOC(=O)c1cn(CC(O)Cn2c([N+](=O)[O-])cnc2C)c2ccc(C)cc2c1=O. The zero-order valence-electron chi connectivity index (χ0n) is 16.9. The third kappa shape index (κ3) is 4.08. The van der Waals surface area contributed by atoms with E-state index in [1.54, 1.807) is 30.5 Å². The first-order chi connectivity index (χ1) is 14.2. The van der Waals surface area contributed by atoms with Crippen LogP contribution in [-0.4, -0.2) is 42.8 Å². The molecule has 0 fully saturated rings. The minimum atomic E-state index is -1.04. The van der Waals surface area contributed by atoms with Crippen LogP contribution in [0.4, 0.5) is 5.82 Å². The Morgan fingerprint density at radius 2 is 2.07 bits per heavy atom. The molecule has 0 spiro atoms. The maximum absolute atomic E-state index is 12.8. The van der Waals surface area contributed by atoms with E-state index in [4.69, 9.17) is 4.74 Å². The summed E-state index contributed by atoms with van der Waals surface area (Å²) in [6, 6.07) is 5.23. The lowest BCUT2D eigenvalue weighted by atomic mass is 10.1. The van der Waals surface area contributed by atoms with Gasteiger partial charge in [-0.1, -0.05) is 11.6 Å². The molecule has 1 aromatic carbocycles. The summed E-state index contributed by atoms with van der Waals surface area (Å²) >= 11 is 0. The summed E-state index contributed by atoms with van der Waals surface area (Å²) in [4.78, 5) is 39.6. The van der Waals surface area contributed by atoms with Crippen LogP contribution < -0.4 is 5.43 Å². The number of aliphatic hydroxyl groups excluding tert-OH is 1. The van der Waals surface area contributed by atoms with E-state index in [1.165, 1.54) is 10.8 Å². The van der Waals surface area contributed by atoms with Crippen molar-refractivity contribution in [3.05, 3.63) is 67.9 Å². The molecule has 3 rings (SSSR count). The van der Waals surface area contributed by atoms with Crippen LogP contribution in [0.3, 0.4) is 0 Å². The smallest absolute Gasteiger partial charge is 0.343 e. The normalized spacial score (nSPS) is 12.1. The van der Waals surface area contributed by atoms with Gasteiger partial charge in [0.05, 0.1) is 18.7 Å². The van der Waals surface area contributed by atoms with Crippen LogP contribution in [0, 0.1) is 24.0 Å². The van der Waals surface area contributed by atoms with E-state index < -0.39 is 22.4 Å². The van der Waals surface area contributed by atoms with Gasteiger partial charge in [0.1, 0.15) is 24.4 Å². The third-order valence-electron chi connectivity index (χ3n) is 4.75. The van der Waals surface area contributed by atoms with Crippen LogP contribution >= 0.6 is 0 Å². The highest BCUT2D eigenvalue weighted by Crippen LogP contribution is 2.18. The molecule has 0 bridgehead atoms. The predicted octanol–water partition coefficient (Wildman–Crippen LogP) is 1.96. The van der Waals surface area contributed by atoms with Crippen molar-refractivity contribution in [1.82, 2.24) is 14.1 Å². The van der Waals surface area contributed by atoms with Crippen LogP contribution in [0.2, 0.25) is 0 Å². The standard InChI is InChI=1S/C20H22N4O6/c1-4-30-20(27)16-11-22(17-6-5-12(2)7-15(17)19(16)26)9-14(25)10-23-13(3)21-8-18(23)24(28)29/h5-8,11,14,25H,4,9-10H2,1-3H3. The number of hydrogen-bond donors (Lipinski definition) is 1. The Kier molecular flexibility index (Phi) is 5.97. The zero-order chi connectivity index (χ0) is 22.0. The Morgan fingerprint density at radius 3 is 2.73 bits per heavy atom. The first-order valence-electron chi connectivity index (χ1n) is 9.38. The number of nitrogens with zero attached hydrogens (tertiary/aromatic N) is 4. The van der Waals surface area contributed by atoms with Gasteiger partial charge in [0.2, 0.25) is 5.43 Å². The molecule has 3 aromatic rings. The molecule has 2 aromatic heterocycles. The fraction of sp³-hybridized carbons (Fsp3) is 0.350. The van der Waals surface area contributed by atoms with Gasteiger partial charge in [0.25, 0.3) is 0 Å². The van der Waals surface area contributed by atoms with Crippen LogP contribution in [0.1, 0.15) is 28.7 Å². The molecule has 1 unspecified atom stereocenters. The van der Waals surface area contributed by atoms with E-state index >= 15 is 0 Å². The molecule has 0 aliphatic rings. The van der Waals surface area contributed by atoms with Gasteiger partial charge in [0, 0.05) is 18.5 Å². The van der Waals surface area contributed by atoms with Crippen molar-refractivity contribution in [2.45, 2.75) is 40.0 Å². The van der Waals surface area contributed by atoms with Crippen molar-refractivity contribution in [1.29, 1.82) is 0 Å². The van der Waals surface area contributed by atoms with Gasteiger partial charge in [-0.2, -0.15) is 0 Å². The van der Waals surface area contributed by atoms with Crippen molar-refractivity contribution >= 4 is 22.7 Å². The van der Waals surface area contributed by atoms with Crippen LogP contribution in [0.25, 0.3) is 10.9 Å². The average Bonchev–Trinajstić information content (AvgIpc) is 3.04. The number of aliphatic hydroxyl groups is 1. The highest BCUT2D eigenvalue weighted by atomic mass is 16.6. The first-order valence-corrected chi connectivity index (χ1v) is 9.38. The molecule has 158 valence electrons. The minimum Gasteiger partial charge on any atom is -0.462 e. The number of pyridine rings is 1. The topological polar surface area (TPSA) is 129 Å². The van der Waals surface area contributed by atoms with Gasteiger partial charge >= 0.3 is 11.8 Å². The van der Waals surface area contributed by atoms with Gasteiger partial charge in [-0.05, 0) is 30.9 Å². The molecule has 0 radical (unpaired) electrons. The van der Waals surface area contributed by atoms with Gasteiger partial charge in [-0.3, -0.25) is 4.79 Å². The molecule has 10 heteroatoms. The van der Waals surface area contributed by atoms with Gasteiger partial charge in [-0.15, -0.1) is 0 Å². The monoisotopic (exact) mass is 414 g/mol. The highest BCUT2D eigenvalue weighted by Gasteiger charge is 2.22. The molecule has 30 heavy (non-hydrogen) atoms. The second-order valence-corrected chi connectivity index (χ2v) is 6.95. The molecule has 0 saturated heterocycles. The average molecular weight is 414 g/mol. The number of aromatic nitrogens is 3. The zero-order valence-corrected chi connectivity index (χ0v) is 16.9. The van der Waals surface area contributed by atoms with Crippen molar-refractivity contribution in [2.75, 3.05) is 6.61 Å². The Morgan fingerprint density at radius 1 is 1.33 bits per heavy atom. The van der Waals surface area contributed by atoms with E-state index in [9.17, 15) is 24.8 Å². The van der Waals surface area contributed by atoms with Crippen molar-refractivity contribution in [3.8, 4) is 0 Å². The number of carbonyl (C=O) groups is 1. The van der Waals surface area contributed by atoms with Crippen LogP contribution in [-0.2, 0) is 17.8 Å². The summed E-state index contributed by atoms with van der Waals surface area (Å²) in [6.45, 7) is 5.13. The number of hydrogen-bond acceptors (Lipinski definition) is 7. The molecule has 10 nitrogen and oxygen atoms in total. The van der Waals surface area contributed by atoms with E-state index in [0.717, 1.165) is 11.8 Å². The van der Waals surface area contributed by atoms with Crippen LogP contribution in [0.15, 0.2) is 35.4 Å². The fourth-order valence-corrected chi connectivity index (χ4v) is 3.34. The molecule has 2 heterocycles. The Bertz CT molecular complexity index is 1180. The number of ether oxygens (including phenoxy) is 1. The van der Waals surface area contributed by atoms with Crippen LogP contribution in [0.5, 0.6) is 0 Å². The van der Waals surface area contributed by atoms with E-state index in [0.29, 0.717) is 16.7 Å². The van der Waals surface area contributed by atoms with E-state index in [1.807, 2.05) is 13.0 Å². The molecular weight excluding hydrogens is 392 g/mol. The number of benzene rings is 1. The molecular formula is C20H22N4O6. The van der Waals surface area contributed by atoms with E-state index in [-0.39, 0.29) is 31.1 Å².